The summed E-state index contributed by atoms with van der Waals surface area (Å²) in [7, 11) is 0. The van der Waals surface area contributed by atoms with Gasteiger partial charge in [-0.1, -0.05) is 12.1 Å². The molecule has 2 atom stereocenters. The fourth-order valence-electron chi connectivity index (χ4n) is 2.70. The molecule has 2 rings (SSSR count). The lowest BCUT2D eigenvalue weighted by atomic mass is 9.96. The first-order chi connectivity index (χ1) is 9.09. The van der Waals surface area contributed by atoms with Crippen LogP contribution in [0.25, 0.3) is 0 Å². The highest BCUT2D eigenvalue weighted by Gasteiger charge is 2.29. The van der Waals surface area contributed by atoms with Gasteiger partial charge in [0.2, 0.25) is 0 Å². The topological polar surface area (TPSA) is 40.5 Å². The van der Waals surface area contributed by atoms with Crippen molar-refractivity contribution in [3.8, 4) is 0 Å². The number of aliphatic hydroxyl groups is 1. The van der Waals surface area contributed by atoms with Gasteiger partial charge in [-0.25, -0.2) is 4.39 Å². The van der Waals surface area contributed by atoms with Gasteiger partial charge < -0.3 is 10.0 Å². The van der Waals surface area contributed by atoms with Gasteiger partial charge in [-0.2, -0.15) is 0 Å². The van der Waals surface area contributed by atoms with Gasteiger partial charge in [0.25, 0.3) is 5.91 Å². The van der Waals surface area contributed by atoms with E-state index in [1.165, 1.54) is 12.1 Å². The highest BCUT2D eigenvalue weighted by Crippen LogP contribution is 2.23. The van der Waals surface area contributed by atoms with Crippen molar-refractivity contribution in [2.24, 2.45) is 0 Å². The normalized spacial score (nSPS) is 21.2. The molecule has 1 aliphatic rings. The molecule has 4 heteroatoms. The predicted octanol–water partition coefficient (Wildman–Crippen LogP) is 2.59. The van der Waals surface area contributed by atoms with Crippen LogP contribution in [0.2, 0.25) is 0 Å². The third-order valence-electron chi connectivity index (χ3n) is 3.61. The average molecular weight is 265 g/mol. The lowest BCUT2D eigenvalue weighted by Gasteiger charge is -2.36. The van der Waals surface area contributed by atoms with Crippen LogP contribution in [0.15, 0.2) is 24.3 Å². The highest BCUT2D eigenvalue weighted by atomic mass is 19.1. The Morgan fingerprint density at radius 2 is 2.21 bits per heavy atom. The number of benzene rings is 1. The number of rotatable bonds is 3. The van der Waals surface area contributed by atoms with Gasteiger partial charge in [0.05, 0.1) is 11.7 Å². The maximum absolute atomic E-state index is 13.7. The van der Waals surface area contributed by atoms with Crippen molar-refractivity contribution >= 4 is 5.91 Å². The number of nitrogens with zero attached hydrogens (tertiary/aromatic N) is 1. The van der Waals surface area contributed by atoms with Crippen LogP contribution in [0.3, 0.4) is 0 Å². The molecule has 1 saturated heterocycles. The number of piperidine rings is 1. The van der Waals surface area contributed by atoms with E-state index in [0.717, 1.165) is 19.3 Å². The maximum atomic E-state index is 13.7. The smallest absolute Gasteiger partial charge is 0.257 e. The molecular weight excluding hydrogens is 245 g/mol. The largest absolute Gasteiger partial charge is 0.393 e. The summed E-state index contributed by atoms with van der Waals surface area (Å²) in [5.74, 6) is -0.739. The van der Waals surface area contributed by atoms with E-state index in [4.69, 9.17) is 0 Å². The van der Waals surface area contributed by atoms with E-state index in [0.29, 0.717) is 13.0 Å². The number of likely N-dealkylation sites (tertiary alicyclic amines) is 1. The molecule has 104 valence electrons. The van der Waals surface area contributed by atoms with Crippen LogP contribution in [0.4, 0.5) is 4.39 Å². The van der Waals surface area contributed by atoms with E-state index < -0.39 is 11.9 Å². The Hall–Kier alpha value is -1.42. The summed E-state index contributed by atoms with van der Waals surface area (Å²) in [6.45, 7) is 2.37. The zero-order chi connectivity index (χ0) is 13.8. The number of amides is 1. The zero-order valence-corrected chi connectivity index (χ0v) is 11.2. The van der Waals surface area contributed by atoms with Crippen molar-refractivity contribution in [2.45, 2.75) is 44.8 Å². The van der Waals surface area contributed by atoms with Crippen molar-refractivity contribution in [1.29, 1.82) is 0 Å². The quantitative estimate of drug-likeness (QED) is 0.912. The van der Waals surface area contributed by atoms with Crippen molar-refractivity contribution in [3.63, 3.8) is 0 Å². The molecule has 1 heterocycles. The van der Waals surface area contributed by atoms with Gasteiger partial charge in [-0.3, -0.25) is 4.79 Å². The molecule has 0 radical (unpaired) electrons. The SMILES string of the molecule is CC(O)CC1CCCCN1C(=O)c1ccccc1F. The number of aliphatic hydroxyl groups excluding tert-OH is 1. The first-order valence-corrected chi connectivity index (χ1v) is 6.83. The molecular formula is C15H20FNO2. The van der Waals surface area contributed by atoms with E-state index in [1.54, 1.807) is 24.0 Å². The van der Waals surface area contributed by atoms with Gasteiger partial charge in [0.1, 0.15) is 5.82 Å². The number of hydrogen-bond acceptors (Lipinski definition) is 2. The summed E-state index contributed by atoms with van der Waals surface area (Å²) in [5.41, 5.74) is 0.125. The van der Waals surface area contributed by atoms with Crippen LogP contribution >= 0.6 is 0 Å². The Morgan fingerprint density at radius 1 is 1.47 bits per heavy atom. The third kappa shape index (κ3) is 3.32. The first-order valence-electron chi connectivity index (χ1n) is 6.83. The van der Waals surface area contributed by atoms with Gasteiger partial charge in [0, 0.05) is 12.6 Å². The molecule has 19 heavy (non-hydrogen) atoms. The van der Waals surface area contributed by atoms with E-state index >= 15 is 0 Å². The van der Waals surface area contributed by atoms with Crippen LogP contribution < -0.4 is 0 Å². The molecule has 1 amide bonds. The maximum Gasteiger partial charge on any atom is 0.257 e. The lowest BCUT2D eigenvalue weighted by molar-refractivity contribution is 0.0510. The van der Waals surface area contributed by atoms with Crippen molar-refractivity contribution in [2.75, 3.05) is 6.54 Å². The predicted molar refractivity (Wildman–Crippen MR) is 71.4 cm³/mol. The molecule has 2 unspecified atom stereocenters. The van der Waals surface area contributed by atoms with Crippen LogP contribution in [-0.4, -0.2) is 34.6 Å². The second-order valence-electron chi connectivity index (χ2n) is 5.21. The Labute approximate surface area is 113 Å². The van der Waals surface area contributed by atoms with E-state index in [2.05, 4.69) is 0 Å². The van der Waals surface area contributed by atoms with Crippen LogP contribution in [-0.2, 0) is 0 Å². The molecule has 0 spiro atoms. The number of carbonyl (C=O) groups is 1. The first kappa shape index (κ1) is 14.0. The summed E-state index contributed by atoms with van der Waals surface area (Å²) in [6, 6.07) is 6.09. The zero-order valence-electron chi connectivity index (χ0n) is 11.2. The number of hydrogen-bond donors (Lipinski definition) is 1. The van der Waals surface area contributed by atoms with Gasteiger partial charge in [-0.05, 0) is 44.7 Å². The minimum atomic E-state index is -0.478. The lowest BCUT2D eigenvalue weighted by Crippen LogP contribution is -2.45. The van der Waals surface area contributed by atoms with Crippen molar-refractivity contribution in [1.82, 2.24) is 4.90 Å². The van der Waals surface area contributed by atoms with Crippen LogP contribution in [0.1, 0.15) is 43.0 Å². The Bertz CT molecular complexity index is 448. The number of carbonyl (C=O) groups excluding carboxylic acids is 1. The fourth-order valence-corrected chi connectivity index (χ4v) is 2.70. The van der Waals surface area contributed by atoms with Crippen molar-refractivity contribution in [3.05, 3.63) is 35.6 Å². The van der Waals surface area contributed by atoms with E-state index in [-0.39, 0.29) is 17.5 Å². The molecule has 1 aliphatic heterocycles. The molecule has 0 bridgehead atoms. The third-order valence-corrected chi connectivity index (χ3v) is 3.61. The Balaban J connectivity index is 2.18. The minimum Gasteiger partial charge on any atom is -0.393 e. The summed E-state index contributed by atoms with van der Waals surface area (Å²) in [5, 5.41) is 9.52. The van der Waals surface area contributed by atoms with E-state index in [1.807, 2.05) is 0 Å². The molecule has 0 aromatic heterocycles. The molecule has 1 fully saturated rings. The van der Waals surface area contributed by atoms with Crippen molar-refractivity contribution < 1.29 is 14.3 Å². The highest BCUT2D eigenvalue weighted by molar-refractivity contribution is 5.94. The Morgan fingerprint density at radius 3 is 2.89 bits per heavy atom. The molecule has 0 aliphatic carbocycles. The second kappa shape index (κ2) is 6.15. The van der Waals surface area contributed by atoms with Gasteiger partial charge >= 0.3 is 0 Å². The fraction of sp³-hybridized carbons (Fsp3) is 0.533. The molecule has 3 nitrogen and oxygen atoms in total. The second-order valence-corrected chi connectivity index (χ2v) is 5.21. The van der Waals surface area contributed by atoms with Crippen LogP contribution in [0.5, 0.6) is 0 Å². The van der Waals surface area contributed by atoms with Crippen LogP contribution in [0, 0.1) is 5.82 Å². The average Bonchev–Trinajstić information content (AvgIpc) is 2.38. The summed E-state index contributed by atoms with van der Waals surface area (Å²) < 4.78 is 13.7. The minimum absolute atomic E-state index is 0.0147. The molecule has 1 aromatic carbocycles. The molecule has 0 saturated carbocycles. The standard InChI is InChI=1S/C15H20FNO2/c1-11(18)10-12-6-4-5-9-17(12)15(19)13-7-2-3-8-14(13)16/h2-3,7-8,11-12,18H,4-6,9-10H2,1H3. The number of halogens is 1. The van der Waals surface area contributed by atoms with Gasteiger partial charge in [0.15, 0.2) is 0 Å². The van der Waals surface area contributed by atoms with Gasteiger partial charge in [-0.15, -0.1) is 0 Å². The summed E-state index contributed by atoms with van der Waals surface area (Å²) >= 11 is 0. The monoisotopic (exact) mass is 265 g/mol. The molecule has 1 aromatic rings. The Kier molecular flexibility index (Phi) is 4.53. The van der Waals surface area contributed by atoms with E-state index in [9.17, 15) is 14.3 Å². The summed E-state index contributed by atoms with van der Waals surface area (Å²) in [6.07, 6.45) is 2.99. The molecule has 1 N–H and O–H groups in total. The summed E-state index contributed by atoms with van der Waals surface area (Å²) in [4.78, 5) is 14.1.